The van der Waals surface area contributed by atoms with E-state index in [1.807, 2.05) is 31.3 Å². The normalized spacial score (nSPS) is 23.6. The first kappa shape index (κ1) is 11.1. The third-order valence-corrected chi connectivity index (χ3v) is 3.21. The molecule has 1 aromatic carbocycles. The van der Waals surface area contributed by atoms with Crippen molar-refractivity contribution in [1.29, 1.82) is 0 Å². The minimum atomic E-state index is -0.0872. The van der Waals surface area contributed by atoms with Crippen LogP contribution in [0.5, 0.6) is 0 Å². The van der Waals surface area contributed by atoms with Gasteiger partial charge in [0.1, 0.15) is 6.29 Å². The van der Waals surface area contributed by atoms with Crippen molar-refractivity contribution < 1.29 is 9.90 Å². The van der Waals surface area contributed by atoms with Crippen LogP contribution in [-0.4, -0.2) is 31.1 Å². The zero-order valence-corrected chi connectivity index (χ0v) is 9.47. The number of aliphatic hydroxyl groups excluding tert-OH is 1. The number of carbonyl (C=O) groups is 1. The molecule has 3 heteroatoms. The quantitative estimate of drug-likeness (QED) is 0.784. The smallest absolute Gasteiger partial charge is 0.150 e. The Morgan fingerprint density at radius 3 is 2.50 bits per heavy atom. The maximum atomic E-state index is 10.5. The van der Waals surface area contributed by atoms with Gasteiger partial charge in [-0.25, -0.2) is 0 Å². The van der Waals surface area contributed by atoms with E-state index in [0.29, 0.717) is 11.5 Å². The summed E-state index contributed by atoms with van der Waals surface area (Å²) in [4.78, 5) is 12.7. The van der Waals surface area contributed by atoms with Gasteiger partial charge >= 0.3 is 0 Å². The first-order chi connectivity index (χ1) is 7.69. The van der Waals surface area contributed by atoms with Crippen LogP contribution in [0.3, 0.4) is 0 Å². The summed E-state index contributed by atoms with van der Waals surface area (Å²) in [6.45, 7) is 0.970. The van der Waals surface area contributed by atoms with E-state index in [-0.39, 0.29) is 6.10 Å². The third kappa shape index (κ3) is 2.42. The van der Waals surface area contributed by atoms with Crippen molar-refractivity contribution in [1.82, 2.24) is 0 Å². The molecule has 3 nitrogen and oxygen atoms in total. The molecule has 1 saturated carbocycles. The molecule has 0 aromatic heterocycles. The molecule has 0 aliphatic heterocycles. The molecule has 0 atom stereocenters. The monoisotopic (exact) mass is 219 g/mol. The number of benzene rings is 1. The van der Waals surface area contributed by atoms with E-state index in [4.69, 9.17) is 0 Å². The van der Waals surface area contributed by atoms with E-state index in [2.05, 4.69) is 4.90 Å². The molecule has 0 amide bonds. The Morgan fingerprint density at radius 1 is 1.38 bits per heavy atom. The highest BCUT2D eigenvalue weighted by Crippen LogP contribution is 2.28. The van der Waals surface area contributed by atoms with Crippen molar-refractivity contribution in [2.45, 2.75) is 18.9 Å². The molecular weight excluding hydrogens is 202 g/mol. The van der Waals surface area contributed by atoms with Crippen molar-refractivity contribution in [3.8, 4) is 0 Å². The van der Waals surface area contributed by atoms with Crippen LogP contribution in [0.15, 0.2) is 24.3 Å². The standard InChI is InChI=1S/C13H17NO2/c1-14(8-11-6-13(16)7-11)12-4-2-10(9-15)3-5-12/h2-5,9,11,13,16H,6-8H2,1H3. The van der Waals surface area contributed by atoms with E-state index in [1.54, 1.807) is 0 Å². The van der Waals surface area contributed by atoms with Crippen LogP contribution in [0.25, 0.3) is 0 Å². The molecule has 0 bridgehead atoms. The van der Waals surface area contributed by atoms with Crippen molar-refractivity contribution in [3.63, 3.8) is 0 Å². The Kier molecular flexibility index (Phi) is 3.25. The molecule has 86 valence electrons. The molecule has 0 unspecified atom stereocenters. The fourth-order valence-electron chi connectivity index (χ4n) is 2.15. The summed E-state index contributed by atoms with van der Waals surface area (Å²) in [5.41, 5.74) is 1.82. The number of nitrogens with zero attached hydrogens (tertiary/aromatic N) is 1. The number of hydrogen-bond donors (Lipinski definition) is 1. The van der Waals surface area contributed by atoms with Crippen LogP contribution in [0.4, 0.5) is 5.69 Å². The predicted molar refractivity (Wildman–Crippen MR) is 63.8 cm³/mol. The Labute approximate surface area is 95.7 Å². The van der Waals surface area contributed by atoms with Crippen LogP contribution in [0.1, 0.15) is 23.2 Å². The third-order valence-electron chi connectivity index (χ3n) is 3.21. The van der Waals surface area contributed by atoms with E-state index in [9.17, 15) is 9.90 Å². The minimum absolute atomic E-state index is 0.0872. The van der Waals surface area contributed by atoms with Gasteiger partial charge in [0.2, 0.25) is 0 Å². The molecule has 0 spiro atoms. The summed E-state index contributed by atoms with van der Waals surface area (Å²) in [6, 6.07) is 7.57. The number of aldehydes is 1. The number of aliphatic hydroxyl groups is 1. The first-order valence-electron chi connectivity index (χ1n) is 5.63. The summed E-state index contributed by atoms with van der Waals surface area (Å²) < 4.78 is 0. The van der Waals surface area contributed by atoms with Gasteiger partial charge in [-0.05, 0) is 43.0 Å². The van der Waals surface area contributed by atoms with Gasteiger partial charge in [0, 0.05) is 24.8 Å². The van der Waals surface area contributed by atoms with Gasteiger partial charge in [-0.3, -0.25) is 4.79 Å². The van der Waals surface area contributed by atoms with E-state index in [0.717, 1.165) is 31.4 Å². The molecule has 1 aromatic rings. The van der Waals surface area contributed by atoms with Gasteiger partial charge in [0.25, 0.3) is 0 Å². The summed E-state index contributed by atoms with van der Waals surface area (Å²) in [7, 11) is 2.04. The lowest BCUT2D eigenvalue weighted by atomic mass is 9.82. The second-order valence-corrected chi connectivity index (χ2v) is 4.58. The van der Waals surface area contributed by atoms with Crippen LogP contribution < -0.4 is 4.90 Å². The number of carbonyl (C=O) groups excluding carboxylic acids is 1. The van der Waals surface area contributed by atoms with Gasteiger partial charge < -0.3 is 10.0 Å². The van der Waals surface area contributed by atoms with Gasteiger partial charge in [-0.1, -0.05) is 0 Å². The maximum absolute atomic E-state index is 10.5. The summed E-state index contributed by atoms with van der Waals surface area (Å²) >= 11 is 0. The molecule has 1 N–H and O–H groups in total. The molecule has 0 saturated heterocycles. The largest absolute Gasteiger partial charge is 0.393 e. The van der Waals surface area contributed by atoms with Crippen LogP contribution in [0.2, 0.25) is 0 Å². The Morgan fingerprint density at radius 2 is 2.00 bits per heavy atom. The Hall–Kier alpha value is -1.35. The molecule has 1 aliphatic rings. The highest BCUT2D eigenvalue weighted by Gasteiger charge is 2.27. The molecule has 1 aliphatic carbocycles. The number of hydrogen-bond acceptors (Lipinski definition) is 3. The minimum Gasteiger partial charge on any atom is -0.393 e. The summed E-state index contributed by atoms with van der Waals surface area (Å²) in [5.74, 6) is 0.603. The van der Waals surface area contributed by atoms with Gasteiger partial charge in [-0.15, -0.1) is 0 Å². The van der Waals surface area contributed by atoms with Crippen molar-refractivity contribution >= 4 is 12.0 Å². The molecule has 1 fully saturated rings. The highest BCUT2D eigenvalue weighted by molar-refractivity contribution is 5.75. The molecule has 16 heavy (non-hydrogen) atoms. The first-order valence-corrected chi connectivity index (χ1v) is 5.63. The average Bonchev–Trinajstić information content (AvgIpc) is 2.27. The number of rotatable bonds is 4. The molecule has 2 rings (SSSR count). The van der Waals surface area contributed by atoms with Crippen molar-refractivity contribution in [3.05, 3.63) is 29.8 Å². The lowest BCUT2D eigenvalue weighted by molar-refractivity contribution is 0.0465. The van der Waals surface area contributed by atoms with Crippen molar-refractivity contribution in [2.24, 2.45) is 5.92 Å². The van der Waals surface area contributed by atoms with Crippen LogP contribution >= 0.6 is 0 Å². The zero-order valence-electron chi connectivity index (χ0n) is 9.47. The summed E-state index contributed by atoms with van der Waals surface area (Å²) in [5, 5.41) is 9.21. The average molecular weight is 219 g/mol. The second-order valence-electron chi connectivity index (χ2n) is 4.58. The molecular formula is C13H17NO2. The highest BCUT2D eigenvalue weighted by atomic mass is 16.3. The Balaban J connectivity index is 1.92. The molecule has 0 heterocycles. The fourth-order valence-corrected chi connectivity index (χ4v) is 2.15. The van der Waals surface area contributed by atoms with Gasteiger partial charge in [0.15, 0.2) is 0 Å². The van der Waals surface area contributed by atoms with E-state index >= 15 is 0 Å². The topological polar surface area (TPSA) is 40.5 Å². The van der Waals surface area contributed by atoms with E-state index in [1.165, 1.54) is 0 Å². The molecule has 0 radical (unpaired) electrons. The van der Waals surface area contributed by atoms with E-state index < -0.39 is 0 Å². The lowest BCUT2D eigenvalue weighted by Gasteiger charge is -2.35. The fraction of sp³-hybridized carbons (Fsp3) is 0.462. The SMILES string of the molecule is CN(CC1CC(O)C1)c1ccc(C=O)cc1. The zero-order chi connectivity index (χ0) is 11.5. The lowest BCUT2D eigenvalue weighted by Crippen LogP contribution is -2.37. The van der Waals surface area contributed by atoms with Crippen LogP contribution in [0, 0.1) is 5.92 Å². The Bertz CT molecular complexity index is 355. The predicted octanol–water partition coefficient (Wildman–Crippen LogP) is 1.71. The second kappa shape index (κ2) is 4.66. The van der Waals surface area contributed by atoms with Gasteiger partial charge in [-0.2, -0.15) is 0 Å². The van der Waals surface area contributed by atoms with Gasteiger partial charge in [0.05, 0.1) is 6.10 Å². The summed E-state index contributed by atoms with van der Waals surface area (Å²) in [6.07, 6.45) is 2.59. The van der Waals surface area contributed by atoms with Crippen molar-refractivity contribution in [2.75, 3.05) is 18.5 Å². The number of anilines is 1. The maximum Gasteiger partial charge on any atom is 0.150 e. The van der Waals surface area contributed by atoms with Crippen LogP contribution in [-0.2, 0) is 0 Å².